The van der Waals surface area contributed by atoms with Crippen LogP contribution in [0.1, 0.15) is 33.5 Å². The SMILES string of the molecule is C=C(c1cc(-n2c3cc(C(F)(F)F)ccc3c3ccc(C(F)(F)F)cc32)cc(-n2c3cc(C(F)(F)F)ccc3c3ccc(C(F)(F)F)cc32)c1)c1ccccn1. The molecule has 8 rings (SSSR count). The van der Waals surface area contributed by atoms with Gasteiger partial charge in [0.25, 0.3) is 0 Å². The molecule has 56 heavy (non-hydrogen) atoms. The first-order chi connectivity index (χ1) is 26.2. The Bertz CT molecular complexity index is 2560. The fraction of sp³-hybridized carbons (Fsp3) is 0.0976. The first-order valence-corrected chi connectivity index (χ1v) is 16.4. The molecule has 0 saturated heterocycles. The lowest BCUT2D eigenvalue weighted by atomic mass is 10.0. The van der Waals surface area contributed by atoms with Crippen molar-refractivity contribution in [3.05, 3.63) is 155 Å². The number of hydrogen-bond donors (Lipinski definition) is 0. The summed E-state index contributed by atoms with van der Waals surface area (Å²) < 4.78 is 172. The van der Waals surface area contributed by atoms with E-state index in [1.807, 2.05) is 0 Å². The third-order valence-electron chi connectivity index (χ3n) is 9.59. The number of fused-ring (bicyclic) bond motifs is 6. The summed E-state index contributed by atoms with van der Waals surface area (Å²) >= 11 is 0. The number of nitrogens with zero attached hydrogens (tertiary/aromatic N) is 3. The second-order valence-corrected chi connectivity index (χ2v) is 13.0. The summed E-state index contributed by atoms with van der Waals surface area (Å²) in [4.78, 5) is 4.28. The summed E-state index contributed by atoms with van der Waals surface area (Å²) in [6.07, 6.45) is -18.1. The maximum absolute atomic E-state index is 14.1. The summed E-state index contributed by atoms with van der Waals surface area (Å²) in [5, 5.41) is 0.551. The molecule has 0 aliphatic heterocycles. The van der Waals surface area contributed by atoms with Gasteiger partial charge in [0.1, 0.15) is 0 Å². The number of hydrogen-bond acceptors (Lipinski definition) is 1. The number of halogens is 12. The van der Waals surface area contributed by atoms with Gasteiger partial charge in [-0.25, -0.2) is 0 Å². The maximum Gasteiger partial charge on any atom is 0.416 e. The quantitative estimate of drug-likeness (QED) is 0.163. The van der Waals surface area contributed by atoms with Gasteiger partial charge in [-0.1, -0.05) is 36.9 Å². The summed E-state index contributed by atoms with van der Waals surface area (Å²) in [6, 6.07) is 19.5. The number of alkyl halides is 12. The Morgan fingerprint density at radius 2 is 0.768 bits per heavy atom. The van der Waals surface area contributed by atoms with Crippen LogP contribution in [-0.2, 0) is 24.7 Å². The lowest BCUT2D eigenvalue weighted by Gasteiger charge is -2.18. The van der Waals surface area contributed by atoms with E-state index in [2.05, 4.69) is 11.6 Å². The Morgan fingerprint density at radius 3 is 1.05 bits per heavy atom. The molecule has 8 aromatic rings. The predicted molar refractivity (Wildman–Crippen MR) is 188 cm³/mol. The molecule has 0 radical (unpaired) electrons. The van der Waals surface area contributed by atoms with Crippen LogP contribution in [0, 0.1) is 0 Å². The van der Waals surface area contributed by atoms with Crippen LogP contribution >= 0.6 is 0 Å². The van der Waals surface area contributed by atoms with E-state index in [1.165, 1.54) is 24.4 Å². The fourth-order valence-corrected chi connectivity index (χ4v) is 7.02. The van der Waals surface area contributed by atoms with Crippen LogP contribution in [-0.4, -0.2) is 14.1 Å². The lowest BCUT2D eigenvalue weighted by Crippen LogP contribution is -2.07. The second kappa shape index (κ2) is 12.4. The molecule has 0 bridgehead atoms. The summed E-state index contributed by atoms with van der Waals surface area (Å²) in [5.41, 5.74) is -4.77. The number of benzene rings is 5. The first-order valence-electron chi connectivity index (χ1n) is 16.4. The molecule has 0 aliphatic carbocycles. The summed E-state index contributed by atoms with van der Waals surface area (Å²) in [5.74, 6) is 0. The normalized spacial score (nSPS) is 13.1. The molecule has 0 amide bonds. The molecule has 3 heterocycles. The highest BCUT2D eigenvalue weighted by molar-refractivity contribution is 6.11. The Labute approximate surface area is 307 Å². The molecule has 0 spiro atoms. The van der Waals surface area contributed by atoms with E-state index in [9.17, 15) is 52.7 Å². The molecule has 0 aliphatic rings. The van der Waals surface area contributed by atoms with Gasteiger partial charge in [-0.2, -0.15) is 52.7 Å². The average molecular weight is 784 g/mol. The van der Waals surface area contributed by atoms with Crippen LogP contribution in [0.25, 0.3) is 60.6 Å². The number of rotatable bonds is 4. The van der Waals surface area contributed by atoms with Crippen molar-refractivity contribution in [1.29, 1.82) is 0 Å². The van der Waals surface area contributed by atoms with E-state index in [1.54, 1.807) is 18.2 Å². The van der Waals surface area contributed by atoms with Crippen molar-refractivity contribution in [3.63, 3.8) is 0 Å². The van der Waals surface area contributed by atoms with Gasteiger partial charge in [-0.05, 0) is 84.4 Å². The lowest BCUT2D eigenvalue weighted by molar-refractivity contribution is -0.138. The van der Waals surface area contributed by atoms with Crippen LogP contribution in [0.2, 0.25) is 0 Å². The zero-order chi connectivity index (χ0) is 40.1. The van der Waals surface area contributed by atoms with Crippen molar-refractivity contribution in [2.45, 2.75) is 24.7 Å². The zero-order valence-corrected chi connectivity index (χ0v) is 28.1. The van der Waals surface area contributed by atoms with Crippen LogP contribution < -0.4 is 0 Å². The highest BCUT2D eigenvalue weighted by atomic mass is 19.4. The van der Waals surface area contributed by atoms with Crippen LogP contribution in [0.4, 0.5) is 52.7 Å². The Hall–Kier alpha value is -6.25. The minimum Gasteiger partial charge on any atom is -0.309 e. The van der Waals surface area contributed by atoms with Crippen LogP contribution in [0.3, 0.4) is 0 Å². The van der Waals surface area contributed by atoms with E-state index >= 15 is 0 Å². The van der Waals surface area contributed by atoms with Gasteiger partial charge < -0.3 is 9.13 Å². The van der Waals surface area contributed by atoms with Crippen molar-refractivity contribution < 1.29 is 52.7 Å². The molecule has 0 N–H and O–H groups in total. The molecule has 3 aromatic heterocycles. The minimum absolute atomic E-state index is 0.0813. The van der Waals surface area contributed by atoms with Gasteiger partial charge >= 0.3 is 24.7 Å². The van der Waals surface area contributed by atoms with E-state index in [0.29, 0.717) is 0 Å². The van der Waals surface area contributed by atoms with Gasteiger partial charge in [-0.3, -0.25) is 4.98 Å². The van der Waals surface area contributed by atoms with E-state index in [0.717, 1.165) is 81.9 Å². The molecule has 0 unspecified atom stereocenters. The molecule has 0 saturated carbocycles. The zero-order valence-electron chi connectivity index (χ0n) is 28.1. The summed E-state index contributed by atoms with van der Waals surface area (Å²) in [7, 11) is 0. The highest BCUT2D eigenvalue weighted by Crippen LogP contribution is 2.43. The van der Waals surface area contributed by atoms with Gasteiger partial charge in [0, 0.05) is 44.7 Å². The maximum atomic E-state index is 14.1. The van der Waals surface area contributed by atoms with Gasteiger partial charge in [-0.15, -0.1) is 0 Å². The second-order valence-electron chi connectivity index (χ2n) is 13.0. The standard InChI is InChI=1S/C41H21F12N3/c1-21(33-4-2-3-13-54-33)22-14-27(55-34-16-23(38(42,43)44)5-9-29(34)30-10-6-24(17-35(30)55)39(45,46)47)20-28(15-22)56-36-18-25(40(48,49)50)7-11-31(36)32-12-8-26(19-37(32)56)41(51,52)53/h2-20H,1H2. The molecule has 0 fully saturated rings. The highest BCUT2D eigenvalue weighted by Gasteiger charge is 2.35. The molecular weight excluding hydrogens is 762 g/mol. The molecule has 3 nitrogen and oxygen atoms in total. The van der Waals surface area contributed by atoms with Crippen LogP contribution in [0.15, 0.2) is 122 Å². The van der Waals surface area contributed by atoms with Crippen molar-refractivity contribution in [3.8, 4) is 11.4 Å². The van der Waals surface area contributed by atoms with Crippen LogP contribution in [0.5, 0.6) is 0 Å². The largest absolute Gasteiger partial charge is 0.416 e. The third kappa shape index (κ3) is 6.20. The predicted octanol–water partition coefficient (Wildman–Crippen LogP) is 13.4. The van der Waals surface area contributed by atoms with E-state index in [4.69, 9.17) is 0 Å². The van der Waals surface area contributed by atoms with Gasteiger partial charge in [0.05, 0.1) is 50.0 Å². The van der Waals surface area contributed by atoms with Crippen molar-refractivity contribution in [2.24, 2.45) is 0 Å². The molecule has 15 heteroatoms. The topological polar surface area (TPSA) is 22.8 Å². The van der Waals surface area contributed by atoms with Crippen molar-refractivity contribution in [1.82, 2.24) is 14.1 Å². The molecular formula is C41H21F12N3. The van der Waals surface area contributed by atoms with E-state index in [-0.39, 0.29) is 71.8 Å². The summed E-state index contributed by atoms with van der Waals surface area (Å²) in [6.45, 7) is 4.10. The smallest absolute Gasteiger partial charge is 0.309 e. The monoisotopic (exact) mass is 783 g/mol. The first kappa shape index (κ1) is 36.7. The minimum atomic E-state index is -4.87. The molecule has 284 valence electrons. The fourth-order valence-electron chi connectivity index (χ4n) is 7.02. The Kier molecular flexibility index (Phi) is 8.12. The number of pyridine rings is 1. The number of aromatic nitrogens is 3. The Balaban J connectivity index is 1.54. The molecule has 5 aromatic carbocycles. The van der Waals surface area contributed by atoms with E-state index < -0.39 is 47.0 Å². The molecule has 0 atom stereocenters. The average Bonchev–Trinajstić information content (AvgIpc) is 3.64. The third-order valence-corrected chi connectivity index (χ3v) is 9.59. The van der Waals surface area contributed by atoms with Gasteiger partial charge in [0.2, 0.25) is 0 Å². The van der Waals surface area contributed by atoms with Crippen molar-refractivity contribution >= 4 is 49.2 Å². The van der Waals surface area contributed by atoms with Gasteiger partial charge in [0.15, 0.2) is 0 Å². The van der Waals surface area contributed by atoms with Crippen molar-refractivity contribution in [2.75, 3.05) is 0 Å². The Morgan fingerprint density at radius 1 is 0.429 bits per heavy atom.